The van der Waals surface area contributed by atoms with E-state index in [0.29, 0.717) is 0 Å². The van der Waals surface area contributed by atoms with E-state index in [1.54, 1.807) is 0 Å². The Morgan fingerprint density at radius 2 is 1.20 bits per heavy atom. The molecule has 0 saturated carbocycles. The first kappa shape index (κ1) is 5.51. The van der Waals surface area contributed by atoms with Crippen LogP contribution in [0.3, 0.4) is 0 Å². The van der Waals surface area contributed by atoms with Crippen LogP contribution in [-0.4, -0.2) is 7.38 Å². The number of hydrogen-bond acceptors (Lipinski definition) is 0. The summed E-state index contributed by atoms with van der Waals surface area (Å²) in [5.41, 5.74) is 0. The minimum atomic E-state index is -1.36. The minimum absolute atomic E-state index is 1.36. The van der Waals surface area contributed by atoms with Crippen LogP contribution in [0.5, 0.6) is 0 Å². The quantitative estimate of drug-likeness (QED) is 0.329. The van der Waals surface area contributed by atoms with Crippen LogP contribution >= 0.6 is 11.1 Å². The fraction of sp³-hybridized carbons (Fsp3) is 1.00. The predicted molar refractivity (Wildman–Crippen MR) is 30.6 cm³/mol. The molecule has 0 spiro atoms. The average molecular weight is 110 g/mol. The van der Waals surface area contributed by atoms with Crippen LogP contribution in [0, 0.1) is 0 Å². The van der Waals surface area contributed by atoms with Crippen molar-refractivity contribution in [3.8, 4) is 0 Å². The third kappa shape index (κ3) is 110. The van der Waals surface area contributed by atoms with Gasteiger partial charge < -0.3 is 0 Å². The first-order chi connectivity index (χ1) is 2.00. The van der Waals surface area contributed by atoms with E-state index in [4.69, 9.17) is 11.1 Å². The van der Waals surface area contributed by atoms with E-state index in [2.05, 4.69) is 19.6 Å². The Labute approximate surface area is 38.9 Å². The summed E-state index contributed by atoms with van der Waals surface area (Å²) in [6.45, 7) is 6.36. The molecule has 0 aromatic heterocycles. The van der Waals surface area contributed by atoms with Crippen LogP contribution in [-0.2, 0) is 0 Å². The molecule has 0 saturated heterocycles. The molecule has 0 N–H and O–H groups in total. The van der Waals surface area contributed by atoms with Gasteiger partial charge in [-0.3, -0.25) is 0 Å². The van der Waals surface area contributed by atoms with Gasteiger partial charge >= 0.3 is 38.1 Å². The van der Waals surface area contributed by atoms with Crippen molar-refractivity contribution in [1.82, 2.24) is 0 Å². The molecule has 0 aliphatic heterocycles. The van der Waals surface area contributed by atoms with Crippen molar-refractivity contribution in [2.24, 2.45) is 0 Å². The van der Waals surface area contributed by atoms with Gasteiger partial charge in [-0.05, 0) is 0 Å². The van der Waals surface area contributed by atoms with Crippen molar-refractivity contribution in [2.75, 3.05) is 0 Å². The molecule has 0 heterocycles. The van der Waals surface area contributed by atoms with E-state index in [9.17, 15) is 0 Å². The zero-order valence-electron chi connectivity index (χ0n) is 3.96. The summed E-state index contributed by atoms with van der Waals surface area (Å²) in [6, 6.07) is 0. The fourth-order valence-electron chi connectivity index (χ4n) is 0. The maximum absolute atomic E-state index is 5.70. The van der Waals surface area contributed by atoms with Gasteiger partial charge in [0.25, 0.3) is 0 Å². The van der Waals surface area contributed by atoms with Crippen molar-refractivity contribution in [3.63, 3.8) is 0 Å². The Kier molecular flexibility index (Phi) is 1.44. The van der Waals surface area contributed by atoms with E-state index in [1.165, 1.54) is 0 Å². The number of halogens is 1. The molecule has 0 bridgehead atoms. The fourth-order valence-corrected chi connectivity index (χ4v) is 0. The summed E-state index contributed by atoms with van der Waals surface area (Å²) in [5.74, 6) is 0. The van der Waals surface area contributed by atoms with Crippen LogP contribution in [0.25, 0.3) is 0 Å². The Morgan fingerprint density at radius 1 is 1.20 bits per heavy atom. The molecule has 0 nitrogen and oxygen atoms in total. The van der Waals surface area contributed by atoms with Gasteiger partial charge in [0.2, 0.25) is 0 Å². The van der Waals surface area contributed by atoms with E-state index in [-0.39, 0.29) is 0 Å². The average Bonchev–Trinajstić information content (AvgIpc) is 0.722. The molecule has 0 aliphatic carbocycles. The molecule has 0 aromatic rings. The molecule has 0 unspecified atom stereocenters. The first-order valence-corrected chi connectivity index (χ1v) is 7.16. The van der Waals surface area contributed by atoms with Gasteiger partial charge in [0.05, 0.1) is 0 Å². The summed E-state index contributed by atoms with van der Waals surface area (Å²) in [7, 11) is -1.36. The molecule has 0 aliphatic rings. The van der Waals surface area contributed by atoms with Crippen LogP contribution in [0.15, 0.2) is 0 Å². The van der Waals surface area contributed by atoms with Gasteiger partial charge in [-0.2, -0.15) is 0 Å². The Bertz CT molecular complexity index is 22.4. The van der Waals surface area contributed by atoms with Gasteiger partial charge in [-0.1, -0.05) is 0 Å². The van der Waals surface area contributed by atoms with Crippen molar-refractivity contribution in [2.45, 2.75) is 19.6 Å². The number of rotatable bonds is 0. The molecule has 0 radical (unpaired) electrons. The zero-order chi connectivity index (χ0) is 4.50. The second-order valence-electron chi connectivity index (χ2n) is 2.39. The molecule has 0 amide bonds. The van der Waals surface area contributed by atoms with Gasteiger partial charge in [0, 0.05) is 0 Å². The summed E-state index contributed by atoms with van der Waals surface area (Å²) in [6.07, 6.45) is 0. The summed E-state index contributed by atoms with van der Waals surface area (Å²) in [4.78, 5) is 0. The van der Waals surface area contributed by atoms with E-state index >= 15 is 0 Å². The Morgan fingerprint density at radius 3 is 1.20 bits per heavy atom. The first-order valence-electron chi connectivity index (χ1n) is 1.95. The maximum atomic E-state index is 5.70. The van der Waals surface area contributed by atoms with Crippen molar-refractivity contribution >= 4 is 18.5 Å². The molecule has 34 valence electrons. The normalized spacial score (nSPS) is 15.2. The van der Waals surface area contributed by atoms with Crippen molar-refractivity contribution < 1.29 is 0 Å². The third-order valence-corrected chi connectivity index (χ3v) is 0. The predicted octanol–water partition coefficient (Wildman–Crippen LogP) is 1.79. The van der Waals surface area contributed by atoms with Crippen LogP contribution in [0.4, 0.5) is 0 Å². The van der Waals surface area contributed by atoms with Gasteiger partial charge in [0.1, 0.15) is 0 Å². The standard InChI is InChI=1S/C3H10ClSi/c1-5(2,3)4/h5H,1-3H3/q-1. The zero-order valence-corrected chi connectivity index (χ0v) is 5.87. The topological polar surface area (TPSA) is 0 Å². The molecule has 0 fully saturated rings. The van der Waals surface area contributed by atoms with E-state index < -0.39 is 7.38 Å². The van der Waals surface area contributed by atoms with E-state index in [0.717, 1.165) is 0 Å². The summed E-state index contributed by atoms with van der Waals surface area (Å²) in [5, 5.41) is 0. The second kappa shape index (κ2) is 1.31. The summed E-state index contributed by atoms with van der Waals surface area (Å²) >= 11 is 5.70. The summed E-state index contributed by atoms with van der Waals surface area (Å²) < 4.78 is 0. The van der Waals surface area contributed by atoms with Crippen LogP contribution < -0.4 is 0 Å². The monoisotopic (exact) mass is 109 g/mol. The van der Waals surface area contributed by atoms with E-state index in [1.807, 2.05) is 0 Å². The van der Waals surface area contributed by atoms with Crippen LogP contribution in [0.2, 0.25) is 19.6 Å². The van der Waals surface area contributed by atoms with Crippen molar-refractivity contribution in [1.29, 1.82) is 0 Å². The van der Waals surface area contributed by atoms with Crippen LogP contribution in [0.1, 0.15) is 0 Å². The Balaban J connectivity index is 3.02. The second-order valence-corrected chi connectivity index (χ2v) is 11.1. The molecule has 2 heteroatoms. The van der Waals surface area contributed by atoms with Gasteiger partial charge in [-0.25, -0.2) is 0 Å². The Hall–Kier alpha value is 0.507. The molecule has 0 atom stereocenters. The molecule has 0 aromatic carbocycles. The van der Waals surface area contributed by atoms with Gasteiger partial charge in [0.15, 0.2) is 0 Å². The molecule has 5 heavy (non-hydrogen) atoms. The molecular weight excluding hydrogens is 99.6 g/mol. The van der Waals surface area contributed by atoms with Gasteiger partial charge in [-0.15, -0.1) is 0 Å². The number of hydrogen-bond donors (Lipinski definition) is 0. The third-order valence-electron chi connectivity index (χ3n) is 0. The molecule has 0 rings (SSSR count). The SMILES string of the molecule is C[SiH-](C)(C)Cl. The molecular formula is C3H10ClSi-. The van der Waals surface area contributed by atoms with Crippen molar-refractivity contribution in [3.05, 3.63) is 0 Å².